The van der Waals surface area contributed by atoms with Crippen LogP contribution in [-0.4, -0.2) is 34.7 Å². The summed E-state index contributed by atoms with van der Waals surface area (Å²) in [7, 11) is 0. The Labute approximate surface area is 113 Å². The van der Waals surface area contributed by atoms with Crippen molar-refractivity contribution in [1.82, 2.24) is 0 Å². The van der Waals surface area contributed by atoms with Crippen molar-refractivity contribution >= 4 is 22.8 Å². The Morgan fingerprint density at radius 3 is 2.33 bits per heavy atom. The maximum absolute atomic E-state index is 11.9. The molecule has 0 heterocycles. The number of ether oxygens (including phenoxy) is 1. The van der Waals surface area contributed by atoms with Crippen LogP contribution in [0.5, 0.6) is 0 Å². The van der Waals surface area contributed by atoms with Crippen LogP contribution in [0.1, 0.15) is 40.5 Å². The second kappa shape index (κ2) is 9.39. The second-order valence-corrected chi connectivity index (χ2v) is 5.71. The van der Waals surface area contributed by atoms with E-state index in [1.165, 1.54) is 11.8 Å². The van der Waals surface area contributed by atoms with Crippen molar-refractivity contribution < 1.29 is 19.4 Å². The highest BCUT2D eigenvalue weighted by atomic mass is 32.2. The molecule has 0 unspecified atom stereocenters. The number of esters is 1. The van der Waals surface area contributed by atoms with Gasteiger partial charge in [-0.25, -0.2) is 0 Å². The number of carbonyl (C=O) groups is 2. The minimum atomic E-state index is -0.703. The molecule has 0 aliphatic carbocycles. The molecule has 0 aromatic rings. The van der Waals surface area contributed by atoms with Gasteiger partial charge in [-0.2, -0.15) is 0 Å². The van der Waals surface area contributed by atoms with Crippen LogP contribution in [-0.2, 0) is 14.3 Å². The molecular formula is C13H24O4S. The summed E-state index contributed by atoms with van der Waals surface area (Å²) in [5, 5.41) is 10.0. The van der Waals surface area contributed by atoms with E-state index in [0.29, 0.717) is 18.8 Å². The van der Waals surface area contributed by atoms with Crippen molar-refractivity contribution in [3.8, 4) is 0 Å². The van der Waals surface area contributed by atoms with Crippen molar-refractivity contribution in [2.75, 3.05) is 12.4 Å². The molecule has 4 nitrogen and oxygen atoms in total. The first kappa shape index (κ1) is 17.4. The standard InChI is InChI=1S/C13H24O4S/c1-5-17-11(14)8-7-10(12(15)9(3)4)13(16)18-6-2/h9-10,12,15H,5-8H2,1-4H3/t10-,12+/m1/s1. The SMILES string of the molecule is CCOC(=O)CC[C@@H](C(=O)SCC)[C@@H](O)C(C)C. The van der Waals surface area contributed by atoms with E-state index in [1.807, 2.05) is 20.8 Å². The monoisotopic (exact) mass is 276 g/mol. The minimum absolute atomic E-state index is 0.00129. The Kier molecular flexibility index (Phi) is 9.10. The predicted octanol–water partition coefficient (Wildman–Crippen LogP) is 2.24. The smallest absolute Gasteiger partial charge is 0.305 e. The van der Waals surface area contributed by atoms with E-state index in [2.05, 4.69) is 0 Å². The Balaban J connectivity index is 4.47. The van der Waals surface area contributed by atoms with E-state index in [9.17, 15) is 14.7 Å². The minimum Gasteiger partial charge on any atom is -0.466 e. The van der Waals surface area contributed by atoms with Crippen LogP contribution >= 0.6 is 11.8 Å². The molecule has 0 radical (unpaired) electrons. The Morgan fingerprint density at radius 1 is 1.28 bits per heavy atom. The Bertz CT molecular complexity index is 266. The summed E-state index contributed by atoms with van der Waals surface area (Å²) in [5.41, 5.74) is 0. The zero-order valence-electron chi connectivity index (χ0n) is 11.6. The van der Waals surface area contributed by atoms with E-state index < -0.39 is 12.0 Å². The van der Waals surface area contributed by atoms with Crippen LogP contribution in [0.3, 0.4) is 0 Å². The van der Waals surface area contributed by atoms with Crippen molar-refractivity contribution in [3.63, 3.8) is 0 Å². The summed E-state index contributed by atoms with van der Waals surface area (Å²) < 4.78 is 4.83. The van der Waals surface area contributed by atoms with Gasteiger partial charge in [0.15, 0.2) is 5.12 Å². The molecule has 106 valence electrons. The molecule has 0 amide bonds. The third-order valence-corrected chi connectivity index (χ3v) is 3.53. The molecule has 0 aliphatic heterocycles. The Morgan fingerprint density at radius 2 is 1.89 bits per heavy atom. The number of aliphatic hydroxyl groups is 1. The fourth-order valence-electron chi connectivity index (χ4n) is 1.65. The first-order chi connectivity index (χ1) is 8.43. The number of thioether (sulfide) groups is 1. The molecule has 0 spiro atoms. The number of aliphatic hydroxyl groups excluding tert-OH is 1. The summed E-state index contributed by atoms with van der Waals surface area (Å²) in [5.74, 6) is -0.120. The second-order valence-electron chi connectivity index (χ2n) is 4.44. The molecule has 5 heteroatoms. The molecule has 0 rings (SSSR count). The van der Waals surface area contributed by atoms with E-state index in [1.54, 1.807) is 6.92 Å². The van der Waals surface area contributed by atoms with Gasteiger partial charge in [-0.3, -0.25) is 9.59 Å². The molecule has 0 fully saturated rings. The highest BCUT2D eigenvalue weighted by molar-refractivity contribution is 8.13. The lowest BCUT2D eigenvalue weighted by atomic mass is 9.90. The zero-order valence-corrected chi connectivity index (χ0v) is 12.5. The van der Waals surface area contributed by atoms with E-state index >= 15 is 0 Å². The van der Waals surface area contributed by atoms with E-state index in [-0.39, 0.29) is 23.4 Å². The predicted molar refractivity (Wildman–Crippen MR) is 73.3 cm³/mol. The van der Waals surface area contributed by atoms with E-state index in [0.717, 1.165) is 0 Å². The van der Waals surface area contributed by atoms with Crippen LogP contribution in [0.2, 0.25) is 0 Å². The molecule has 1 N–H and O–H groups in total. The molecule has 2 atom stereocenters. The molecule has 0 aromatic heterocycles. The lowest BCUT2D eigenvalue weighted by Gasteiger charge is -2.23. The van der Waals surface area contributed by atoms with Gasteiger partial charge in [0.05, 0.1) is 18.6 Å². The Hall–Kier alpha value is -0.550. The third kappa shape index (κ3) is 6.40. The first-order valence-corrected chi connectivity index (χ1v) is 7.42. The van der Waals surface area contributed by atoms with Crippen molar-refractivity contribution in [2.45, 2.75) is 46.6 Å². The van der Waals surface area contributed by atoms with Crippen molar-refractivity contribution in [3.05, 3.63) is 0 Å². The molecule has 0 saturated carbocycles. The van der Waals surface area contributed by atoms with Gasteiger partial charge in [-0.05, 0) is 25.0 Å². The maximum atomic E-state index is 11.9. The fraction of sp³-hybridized carbons (Fsp3) is 0.846. The van der Waals surface area contributed by atoms with Gasteiger partial charge in [-0.15, -0.1) is 0 Å². The third-order valence-electron chi connectivity index (χ3n) is 2.65. The van der Waals surface area contributed by atoms with Crippen LogP contribution in [0.25, 0.3) is 0 Å². The van der Waals surface area contributed by atoms with Crippen molar-refractivity contribution in [2.24, 2.45) is 11.8 Å². The van der Waals surface area contributed by atoms with Crippen molar-refractivity contribution in [1.29, 1.82) is 0 Å². The number of rotatable bonds is 8. The highest BCUT2D eigenvalue weighted by Gasteiger charge is 2.29. The van der Waals surface area contributed by atoms with Gasteiger partial charge in [0, 0.05) is 6.42 Å². The number of carbonyl (C=O) groups excluding carboxylic acids is 2. The summed E-state index contributed by atoms with van der Waals surface area (Å²) in [6, 6.07) is 0. The van der Waals surface area contributed by atoms with E-state index in [4.69, 9.17) is 4.74 Å². The molecule has 18 heavy (non-hydrogen) atoms. The molecule has 0 bridgehead atoms. The molecule has 0 aliphatic rings. The number of hydrogen-bond donors (Lipinski definition) is 1. The summed E-state index contributed by atoms with van der Waals surface area (Å²) in [6.45, 7) is 7.72. The largest absolute Gasteiger partial charge is 0.466 e. The van der Waals surface area contributed by atoms with Gasteiger partial charge >= 0.3 is 5.97 Å². The van der Waals surface area contributed by atoms with Crippen LogP contribution in [0.4, 0.5) is 0 Å². The van der Waals surface area contributed by atoms with Crippen LogP contribution < -0.4 is 0 Å². The topological polar surface area (TPSA) is 63.6 Å². The summed E-state index contributed by atoms with van der Waals surface area (Å²) in [6.07, 6.45) is -0.173. The maximum Gasteiger partial charge on any atom is 0.305 e. The highest BCUT2D eigenvalue weighted by Crippen LogP contribution is 2.24. The molecule has 0 saturated heterocycles. The molecule has 0 aromatic carbocycles. The normalized spacial score (nSPS) is 14.3. The van der Waals surface area contributed by atoms with Gasteiger partial charge < -0.3 is 9.84 Å². The lowest BCUT2D eigenvalue weighted by molar-refractivity contribution is -0.143. The fourth-order valence-corrected chi connectivity index (χ4v) is 2.40. The molecular weight excluding hydrogens is 252 g/mol. The average Bonchev–Trinajstić information content (AvgIpc) is 2.29. The van der Waals surface area contributed by atoms with Gasteiger partial charge in [-0.1, -0.05) is 32.5 Å². The average molecular weight is 276 g/mol. The summed E-state index contributed by atoms with van der Waals surface area (Å²) in [4.78, 5) is 23.2. The van der Waals surface area contributed by atoms with Gasteiger partial charge in [0.2, 0.25) is 0 Å². The van der Waals surface area contributed by atoms with Gasteiger partial charge in [0.25, 0.3) is 0 Å². The summed E-state index contributed by atoms with van der Waals surface area (Å²) >= 11 is 1.20. The lowest BCUT2D eigenvalue weighted by Crippen LogP contribution is -2.31. The van der Waals surface area contributed by atoms with Gasteiger partial charge in [0.1, 0.15) is 0 Å². The van der Waals surface area contributed by atoms with Crippen LogP contribution in [0, 0.1) is 11.8 Å². The number of hydrogen-bond acceptors (Lipinski definition) is 5. The quantitative estimate of drug-likeness (QED) is 0.689. The first-order valence-electron chi connectivity index (χ1n) is 6.44. The zero-order chi connectivity index (χ0) is 14.1. The van der Waals surface area contributed by atoms with Crippen LogP contribution in [0.15, 0.2) is 0 Å².